The van der Waals surface area contributed by atoms with E-state index in [0.717, 1.165) is 31.5 Å². The summed E-state index contributed by atoms with van der Waals surface area (Å²) in [5, 5.41) is 0.485. The van der Waals surface area contributed by atoms with E-state index in [-0.39, 0.29) is 11.9 Å². The molecule has 106 valence electrons. The molecule has 1 rings (SSSR count). The van der Waals surface area contributed by atoms with Crippen LogP contribution in [0, 0.1) is 6.92 Å². The standard InChI is InChI=1S/C15H23ClN2O/c1-5-6-7-8-18(11(2)3)15(19)13-10-17-12(4)9-14(13)16/h9-11H,5-8H2,1-4H3. The summed E-state index contributed by atoms with van der Waals surface area (Å²) in [5.41, 5.74) is 1.32. The van der Waals surface area contributed by atoms with Crippen LogP contribution < -0.4 is 0 Å². The van der Waals surface area contributed by atoms with E-state index >= 15 is 0 Å². The molecule has 0 fully saturated rings. The van der Waals surface area contributed by atoms with E-state index in [9.17, 15) is 4.79 Å². The van der Waals surface area contributed by atoms with Crippen LogP contribution in [0.2, 0.25) is 5.02 Å². The van der Waals surface area contributed by atoms with E-state index in [0.29, 0.717) is 10.6 Å². The van der Waals surface area contributed by atoms with Crippen molar-refractivity contribution in [2.45, 2.75) is 53.0 Å². The van der Waals surface area contributed by atoms with Crippen LogP contribution >= 0.6 is 11.6 Å². The second-order valence-corrected chi connectivity index (χ2v) is 5.51. The van der Waals surface area contributed by atoms with E-state index in [2.05, 4.69) is 11.9 Å². The second-order valence-electron chi connectivity index (χ2n) is 5.10. The van der Waals surface area contributed by atoms with Crippen LogP contribution in [0.1, 0.15) is 56.1 Å². The van der Waals surface area contributed by atoms with Gasteiger partial charge in [-0.3, -0.25) is 9.78 Å². The Morgan fingerprint density at radius 2 is 2.11 bits per heavy atom. The third-order valence-electron chi connectivity index (χ3n) is 3.11. The minimum Gasteiger partial charge on any atom is -0.336 e. The number of carbonyl (C=O) groups is 1. The first-order valence-electron chi connectivity index (χ1n) is 6.90. The topological polar surface area (TPSA) is 33.2 Å². The Morgan fingerprint density at radius 3 is 2.63 bits per heavy atom. The molecule has 0 saturated heterocycles. The summed E-state index contributed by atoms with van der Waals surface area (Å²) < 4.78 is 0. The maximum absolute atomic E-state index is 12.5. The molecular weight excluding hydrogens is 260 g/mol. The average Bonchev–Trinajstić information content (AvgIpc) is 2.33. The van der Waals surface area contributed by atoms with Gasteiger partial charge in [-0.25, -0.2) is 0 Å². The fourth-order valence-electron chi connectivity index (χ4n) is 1.96. The Labute approximate surface area is 121 Å². The third kappa shape index (κ3) is 4.50. The highest BCUT2D eigenvalue weighted by Gasteiger charge is 2.20. The van der Waals surface area contributed by atoms with Crippen LogP contribution in [-0.2, 0) is 0 Å². The lowest BCUT2D eigenvalue weighted by Gasteiger charge is -2.27. The van der Waals surface area contributed by atoms with Gasteiger partial charge in [0.05, 0.1) is 10.6 Å². The molecule has 4 heteroatoms. The highest BCUT2D eigenvalue weighted by atomic mass is 35.5. The minimum atomic E-state index is -0.0244. The monoisotopic (exact) mass is 282 g/mol. The Morgan fingerprint density at radius 1 is 1.42 bits per heavy atom. The number of unbranched alkanes of at least 4 members (excludes halogenated alkanes) is 2. The van der Waals surface area contributed by atoms with Crippen LogP contribution in [0.5, 0.6) is 0 Å². The summed E-state index contributed by atoms with van der Waals surface area (Å²) in [6, 6.07) is 1.90. The molecule has 0 N–H and O–H groups in total. The molecule has 0 bridgehead atoms. The molecule has 0 radical (unpaired) electrons. The lowest BCUT2D eigenvalue weighted by atomic mass is 10.1. The summed E-state index contributed by atoms with van der Waals surface area (Å²) in [6.07, 6.45) is 4.88. The van der Waals surface area contributed by atoms with Crippen molar-refractivity contribution in [1.29, 1.82) is 0 Å². The zero-order valence-electron chi connectivity index (χ0n) is 12.2. The zero-order chi connectivity index (χ0) is 14.4. The average molecular weight is 283 g/mol. The van der Waals surface area contributed by atoms with Crippen molar-refractivity contribution < 1.29 is 4.79 Å². The number of pyridine rings is 1. The van der Waals surface area contributed by atoms with Crippen LogP contribution in [-0.4, -0.2) is 28.4 Å². The number of amides is 1. The largest absolute Gasteiger partial charge is 0.336 e. The van der Waals surface area contributed by atoms with Gasteiger partial charge in [-0.15, -0.1) is 0 Å². The third-order valence-corrected chi connectivity index (χ3v) is 3.42. The SMILES string of the molecule is CCCCCN(C(=O)c1cnc(C)cc1Cl)C(C)C. The molecule has 1 heterocycles. The molecule has 0 aromatic carbocycles. The number of hydrogen-bond donors (Lipinski definition) is 0. The number of halogens is 1. The highest BCUT2D eigenvalue weighted by Crippen LogP contribution is 2.19. The molecule has 0 aliphatic carbocycles. The molecule has 1 aromatic rings. The fourth-order valence-corrected chi connectivity index (χ4v) is 2.25. The summed E-state index contributed by atoms with van der Waals surface area (Å²) in [7, 11) is 0. The van der Waals surface area contributed by atoms with Crippen LogP contribution in [0.15, 0.2) is 12.3 Å². The fraction of sp³-hybridized carbons (Fsp3) is 0.600. The van der Waals surface area contributed by atoms with Gasteiger partial charge in [0.1, 0.15) is 0 Å². The van der Waals surface area contributed by atoms with Crippen LogP contribution in [0.4, 0.5) is 0 Å². The number of hydrogen-bond acceptors (Lipinski definition) is 2. The van der Waals surface area contributed by atoms with E-state index < -0.39 is 0 Å². The van der Waals surface area contributed by atoms with Crippen LogP contribution in [0.3, 0.4) is 0 Å². The molecule has 1 amide bonds. The van der Waals surface area contributed by atoms with Gasteiger partial charge in [0, 0.05) is 24.5 Å². The number of aryl methyl sites for hydroxylation is 1. The van der Waals surface area contributed by atoms with Crippen LogP contribution in [0.25, 0.3) is 0 Å². The summed E-state index contributed by atoms with van der Waals surface area (Å²) in [6.45, 7) is 8.84. The van der Waals surface area contributed by atoms with E-state index in [1.54, 1.807) is 12.3 Å². The van der Waals surface area contributed by atoms with Crippen molar-refractivity contribution in [3.05, 3.63) is 28.5 Å². The van der Waals surface area contributed by atoms with Gasteiger partial charge in [-0.1, -0.05) is 31.4 Å². The first-order valence-corrected chi connectivity index (χ1v) is 7.28. The number of aromatic nitrogens is 1. The second kappa shape index (κ2) is 7.49. The first kappa shape index (κ1) is 16.0. The van der Waals surface area contributed by atoms with Gasteiger partial charge in [0.2, 0.25) is 0 Å². The smallest absolute Gasteiger partial charge is 0.257 e. The number of rotatable bonds is 6. The lowest BCUT2D eigenvalue weighted by Crippen LogP contribution is -2.38. The molecule has 19 heavy (non-hydrogen) atoms. The van der Waals surface area contributed by atoms with Gasteiger partial charge >= 0.3 is 0 Å². The highest BCUT2D eigenvalue weighted by molar-refractivity contribution is 6.33. The molecule has 0 aliphatic rings. The van der Waals surface area contributed by atoms with Gasteiger partial charge in [-0.2, -0.15) is 0 Å². The van der Waals surface area contributed by atoms with Gasteiger partial charge in [0.15, 0.2) is 0 Å². The summed E-state index contributed by atoms with van der Waals surface area (Å²) >= 11 is 6.15. The van der Waals surface area contributed by atoms with Crippen molar-refractivity contribution in [1.82, 2.24) is 9.88 Å². The molecule has 0 aliphatic heterocycles. The summed E-state index contributed by atoms with van der Waals surface area (Å²) in [5.74, 6) is -0.0244. The van der Waals surface area contributed by atoms with Crippen molar-refractivity contribution in [2.24, 2.45) is 0 Å². The van der Waals surface area contributed by atoms with Crippen molar-refractivity contribution in [3.63, 3.8) is 0 Å². The number of carbonyl (C=O) groups excluding carboxylic acids is 1. The molecular formula is C15H23ClN2O. The predicted molar refractivity (Wildman–Crippen MR) is 79.7 cm³/mol. The Bertz CT molecular complexity index is 432. The molecule has 3 nitrogen and oxygen atoms in total. The first-order chi connectivity index (χ1) is 8.97. The molecule has 0 atom stereocenters. The van der Waals surface area contributed by atoms with Crippen molar-refractivity contribution in [3.8, 4) is 0 Å². The Balaban J connectivity index is 2.86. The molecule has 0 spiro atoms. The maximum atomic E-state index is 12.5. The normalized spacial score (nSPS) is 10.8. The van der Waals surface area contributed by atoms with Gasteiger partial charge < -0.3 is 4.90 Å². The predicted octanol–water partition coefficient (Wildman–Crippen LogP) is 4.08. The van der Waals surface area contributed by atoms with Gasteiger partial charge in [-0.05, 0) is 33.3 Å². The maximum Gasteiger partial charge on any atom is 0.257 e. The summed E-state index contributed by atoms with van der Waals surface area (Å²) in [4.78, 5) is 18.6. The minimum absolute atomic E-state index is 0.0244. The molecule has 0 unspecified atom stereocenters. The van der Waals surface area contributed by atoms with E-state index in [1.165, 1.54) is 0 Å². The molecule has 1 aromatic heterocycles. The Kier molecular flexibility index (Phi) is 6.29. The number of nitrogens with zero attached hydrogens (tertiary/aromatic N) is 2. The lowest BCUT2D eigenvalue weighted by molar-refractivity contribution is 0.0702. The Hall–Kier alpha value is -1.09. The van der Waals surface area contributed by atoms with Gasteiger partial charge in [0.25, 0.3) is 5.91 Å². The zero-order valence-corrected chi connectivity index (χ0v) is 13.0. The van der Waals surface area contributed by atoms with Crippen molar-refractivity contribution in [2.75, 3.05) is 6.54 Å². The molecule has 0 saturated carbocycles. The van der Waals surface area contributed by atoms with E-state index in [4.69, 9.17) is 11.6 Å². The van der Waals surface area contributed by atoms with Crippen molar-refractivity contribution >= 4 is 17.5 Å². The van der Waals surface area contributed by atoms with E-state index in [1.807, 2.05) is 25.7 Å². The quantitative estimate of drug-likeness (QED) is 0.737.